The zero-order chi connectivity index (χ0) is 13.8. The van der Waals surface area contributed by atoms with E-state index < -0.39 is 6.04 Å². The summed E-state index contributed by atoms with van der Waals surface area (Å²) in [4.78, 5) is 18.7. The van der Waals surface area contributed by atoms with Crippen molar-refractivity contribution in [2.75, 3.05) is 0 Å². The van der Waals surface area contributed by atoms with Gasteiger partial charge in [0.2, 0.25) is 5.91 Å². The lowest BCUT2D eigenvalue weighted by atomic mass is 9.98. The fourth-order valence-corrected chi connectivity index (χ4v) is 2.13. The summed E-state index contributed by atoms with van der Waals surface area (Å²) in [5.74, 6) is 0.292. The van der Waals surface area contributed by atoms with Gasteiger partial charge in [0.1, 0.15) is 0 Å². The van der Waals surface area contributed by atoms with Crippen LogP contribution in [-0.2, 0) is 11.3 Å². The molecule has 0 spiro atoms. The number of carbonyl (C=O) groups is 1. The van der Waals surface area contributed by atoms with Gasteiger partial charge in [0.15, 0.2) is 0 Å². The molecule has 0 unspecified atom stereocenters. The molecule has 0 saturated heterocycles. The Morgan fingerprint density at radius 1 is 1.53 bits per heavy atom. The molecule has 19 heavy (non-hydrogen) atoms. The van der Waals surface area contributed by atoms with E-state index in [9.17, 15) is 4.79 Å². The lowest BCUT2D eigenvalue weighted by molar-refractivity contribution is -0.135. The topological polar surface area (TPSA) is 59.2 Å². The van der Waals surface area contributed by atoms with Crippen LogP contribution in [0, 0.1) is 5.92 Å². The van der Waals surface area contributed by atoms with E-state index in [1.54, 1.807) is 6.20 Å². The van der Waals surface area contributed by atoms with Crippen molar-refractivity contribution >= 4 is 5.91 Å². The van der Waals surface area contributed by atoms with Gasteiger partial charge in [0.25, 0.3) is 0 Å². The van der Waals surface area contributed by atoms with Crippen LogP contribution in [0.4, 0.5) is 0 Å². The van der Waals surface area contributed by atoms with Crippen LogP contribution >= 0.6 is 0 Å². The van der Waals surface area contributed by atoms with Gasteiger partial charge in [0.05, 0.1) is 18.3 Å². The van der Waals surface area contributed by atoms with Crippen LogP contribution in [0.25, 0.3) is 0 Å². The second-order valence-electron chi connectivity index (χ2n) is 5.43. The first-order chi connectivity index (χ1) is 9.13. The van der Waals surface area contributed by atoms with E-state index >= 15 is 0 Å². The van der Waals surface area contributed by atoms with Crippen molar-refractivity contribution in [3.05, 3.63) is 30.1 Å². The predicted molar refractivity (Wildman–Crippen MR) is 75.2 cm³/mol. The number of nitrogens with zero attached hydrogens (tertiary/aromatic N) is 2. The summed E-state index contributed by atoms with van der Waals surface area (Å²) in [6.07, 6.45) is 4.87. The van der Waals surface area contributed by atoms with Gasteiger partial charge < -0.3 is 10.6 Å². The highest BCUT2D eigenvalue weighted by molar-refractivity contribution is 5.82. The van der Waals surface area contributed by atoms with Crippen molar-refractivity contribution in [3.8, 4) is 0 Å². The van der Waals surface area contributed by atoms with Crippen molar-refractivity contribution in [1.82, 2.24) is 9.88 Å². The Hall–Kier alpha value is -1.42. The third-order valence-electron chi connectivity index (χ3n) is 3.87. The Kier molecular flexibility index (Phi) is 4.53. The SMILES string of the molecule is CC[C@H](C)[C@H](N)C(=O)N(Cc1ccccn1)C1CC1. The molecular formula is C15H23N3O. The number of amides is 1. The van der Waals surface area contributed by atoms with Gasteiger partial charge in [-0.05, 0) is 30.9 Å². The van der Waals surface area contributed by atoms with Gasteiger partial charge in [-0.1, -0.05) is 26.3 Å². The number of pyridine rings is 1. The minimum Gasteiger partial charge on any atom is -0.332 e. The minimum atomic E-state index is -0.394. The predicted octanol–water partition coefficient (Wildman–Crippen LogP) is 1.95. The van der Waals surface area contributed by atoms with Crippen molar-refractivity contribution in [3.63, 3.8) is 0 Å². The molecule has 0 bridgehead atoms. The van der Waals surface area contributed by atoms with E-state index in [4.69, 9.17) is 5.73 Å². The fourth-order valence-electron chi connectivity index (χ4n) is 2.13. The maximum absolute atomic E-state index is 12.5. The molecule has 1 heterocycles. The molecule has 2 atom stereocenters. The van der Waals surface area contributed by atoms with Crippen LogP contribution in [0.2, 0.25) is 0 Å². The van der Waals surface area contributed by atoms with Crippen LogP contribution < -0.4 is 5.73 Å². The van der Waals surface area contributed by atoms with E-state index in [1.165, 1.54) is 0 Å². The lowest BCUT2D eigenvalue weighted by Crippen LogP contribution is -2.47. The first-order valence-electron chi connectivity index (χ1n) is 7.09. The summed E-state index contributed by atoms with van der Waals surface area (Å²) < 4.78 is 0. The molecule has 0 aromatic carbocycles. The fraction of sp³-hybridized carbons (Fsp3) is 0.600. The van der Waals surface area contributed by atoms with Crippen molar-refractivity contribution < 1.29 is 4.79 Å². The molecule has 1 aliphatic carbocycles. The van der Waals surface area contributed by atoms with Crippen molar-refractivity contribution in [2.45, 2.75) is 51.7 Å². The van der Waals surface area contributed by atoms with E-state index in [2.05, 4.69) is 11.9 Å². The molecule has 1 fully saturated rings. The first kappa shape index (κ1) is 14.0. The van der Waals surface area contributed by atoms with Gasteiger partial charge >= 0.3 is 0 Å². The quantitative estimate of drug-likeness (QED) is 0.851. The molecule has 1 aromatic heterocycles. The number of carbonyl (C=O) groups excluding carboxylic acids is 1. The summed E-state index contributed by atoms with van der Waals surface area (Å²) in [6.45, 7) is 4.68. The van der Waals surface area contributed by atoms with E-state index in [0.29, 0.717) is 12.6 Å². The third kappa shape index (κ3) is 3.53. The number of aromatic nitrogens is 1. The van der Waals surface area contributed by atoms with Crippen molar-refractivity contribution in [2.24, 2.45) is 11.7 Å². The van der Waals surface area contributed by atoms with E-state index in [-0.39, 0.29) is 11.8 Å². The molecular weight excluding hydrogens is 238 g/mol. The largest absolute Gasteiger partial charge is 0.332 e. The maximum Gasteiger partial charge on any atom is 0.240 e. The Bertz CT molecular complexity index is 417. The lowest BCUT2D eigenvalue weighted by Gasteiger charge is -2.27. The zero-order valence-corrected chi connectivity index (χ0v) is 11.7. The highest BCUT2D eigenvalue weighted by Gasteiger charge is 2.36. The van der Waals surface area contributed by atoms with Crippen LogP contribution in [-0.4, -0.2) is 27.9 Å². The molecule has 4 nitrogen and oxygen atoms in total. The Morgan fingerprint density at radius 2 is 2.26 bits per heavy atom. The highest BCUT2D eigenvalue weighted by Crippen LogP contribution is 2.29. The molecule has 2 N–H and O–H groups in total. The molecule has 1 saturated carbocycles. The number of rotatable bonds is 6. The summed E-state index contributed by atoms with van der Waals surface area (Å²) in [7, 11) is 0. The second-order valence-corrected chi connectivity index (χ2v) is 5.43. The average Bonchev–Trinajstić information content (AvgIpc) is 3.28. The summed E-state index contributed by atoms with van der Waals surface area (Å²) in [5.41, 5.74) is 7.01. The summed E-state index contributed by atoms with van der Waals surface area (Å²) in [5, 5.41) is 0. The first-order valence-corrected chi connectivity index (χ1v) is 7.09. The highest BCUT2D eigenvalue weighted by atomic mass is 16.2. The molecule has 1 amide bonds. The third-order valence-corrected chi connectivity index (χ3v) is 3.87. The molecule has 1 aromatic rings. The van der Waals surface area contributed by atoms with Gasteiger partial charge in [-0.2, -0.15) is 0 Å². The van der Waals surface area contributed by atoms with E-state index in [0.717, 1.165) is 25.0 Å². The van der Waals surface area contributed by atoms with Gasteiger partial charge in [0, 0.05) is 12.2 Å². The number of hydrogen-bond acceptors (Lipinski definition) is 3. The van der Waals surface area contributed by atoms with Crippen molar-refractivity contribution in [1.29, 1.82) is 0 Å². The second kappa shape index (κ2) is 6.15. The standard InChI is InChI=1S/C15H23N3O/c1-3-11(2)14(16)15(19)18(13-7-8-13)10-12-6-4-5-9-17-12/h4-6,9,11,13-14H,3,7-8,10,16H2,1-2H3/t11-,14-/m0/s1. The van der Waals surface area contributed by atoms with Gasteiger partial charge in [-0.3, -0.25) is 9.78 Å². The molecule has 104 valence electrons. The van der Waals surface area contributed by atoms with Crippen LogP contribution in [0.1, 0.15) is 38.8 Å². The van der Waals surface area contributed by atoms with E-state index in [1.807, 2.05) is 30.0 Å². The van der Waals surface area contributed by atoms with Gasteiger partial charge in [-0.15, -0.1) is 0 Å². The van der Waals surface area contributed by atoms with Crippen LogP contribution in [0.5, 0.6) is 0 Å². The number of nitrogens with two attached hydrogens (primary N) is 1. The maximum atomic E-state index is 12.5. The molecule has 1 aliphatic rings. The molecule has 0 aliphatic heterocycles. The molecule has 0 radical (unpaired) electrons. The Balaban J connectivity index is 2.06. The minimum absolute atomic E-state index is 0.0718. The monoisotopic (exact) mass is 261 g/mol. The van der Waals surface area contributed by atoms with Crippen LogP contribution in [0.15, 0.2) is 24.4 Å². The smallest absolute Gasteiger partial charge is 0.240 e. The molecule has 2 rings (SSSR count). The Morgan fingerprint density at radius 3 is 2.79 bits per heavy atom. The average molecular weight is 261 g/mol. The van der Waals surface area contributed by atoms with Gasteiger partial charge in [-0.25, -0.2) is 0 Å². The Labute approximate surface area is 115 Å². The normalized spacial score (nSPS) is 17.8. The summed E-state index contributed by atoms with van der Waals surface area (Å²) in [6, 6.07) is 5.76. The summed E-state index contributed by atoms with van der Waals surface area (Å²) >= 11 is 0. The zero-order valence-electron chi connectivity index (χ0n) is 11.7. The number of hydrogen-bond donors (Lipinski definition) is 1. The molecule has 4 heteroatoms. The van der Waals surface area contributed by atoms with Crippen LogP contribution in [0.3, 0.4) is 0 Å².